The zero-order valence-electron chi connectivity index (χ0n) is 16.8. The third-order valence-electron chi connectivity index (χ3n) is 5.93. The van der Waals surface area contributed by atoms with Gasteiger partial charge in [0, 0.05) is 22.8 Å². The van der Waals surface area contributed by atoms with Crippen LogP contribution >= 0.6 is 11.6 Å². The Morgan fingerprint density at radius 1 is 0.774 bits per heavy atom. The summed E-state index contributed by atoms with van der Waals surface area (Å²) < 4.78 is 2.35. The summed E-state index contributed by atoms with van der Waals surface area (Å²) in [4.78, 5) is 7.49. The molecular weight excluding hydrogens is 402 g/mol. The average Bonchev–Trinajstić information content (AvgIpc) is 3.20. The van der Waals surface area contributed by atoms with Crippen molar-refractivity contribution in [2.45, 2.75) is 12.7 Å². The van der Waals surface area contributed by atoms with Gasteiger partial charge in [0.1, 0.15) is 12.0 Å². The van der Waals surface area contributed by atoms with E-state index in [0.717, 1.165) is 39.6 Å². The van der Waals surface area contributed by atoms with Gasteiger partial charge in [-0.25, -0.2) is 4.98 Å². The molecule has 0 fully saturated rings. The standard InChI is InChI=1S/C27H20ClN3/c28-21-12-8-11-20(17-21)27-30(18-19-9-2-1-3-10-19)24-15-6-4-13-22(24)26-29-23-14-5-7-16-25(23)31(26)27/h1-17,27H,18H2/t27-/m1/s1. The van der Waals surface area contributed by atoms with Gasteiger partial charge in [0.25, 0.3) is 0 Å². The minimum atomic E-state index is -0.0591. The molecule has 2 heterocycles. The van der Waals surface area contributed by atoms with Crippen molar-refractivity contribution in [1.82, 2.24) is 9.55 Å². The van der Waals surface area contributed by atoms with Gasteiger partial charge in [-0.05, 0) is 47.5 Å². The number of nitrogens with zero attached hydrogens (tertiary/aromatic N) is 3. The van der Waals surface area contributed by atoms with Gasteiger partial charge in [-0.15, -0.1) is 0 Å². The van der Waals surface area contributed by atoms with Gasteiger partial charge in [-0.1, -0.05) is 78.3 Å². The summed E-state index contributed by atoms with van der Waals surface area (Å²) in [6.07, 6.45) is -0.0591. The molecule has 31 heavy (non-hydrogen) atoms. The number of hydrogen-bond acceptors (Lipinski definition) is 2. The molecule has 6 rings (SSSR count). The molecule has 0 unspecified atom stereocenters. The lowest BCUT2D eigenvalue weighted by atomic mass is 10.0. The first-order valence-corrected chi connectivity index (χ1v) is 10.8. The van der Waals surface area contributed by atoms with E-state index in [9.17, 15) is 0 Å². The van der Waals surface area contributed by atoms with Gasteiger partial charge in [-0.2, -0.15) is 0 Å². The minimum Gasteiger partial charge on any atom is -0.342 e. The molecule has 0 aliphatic carbocycles. The summed E-state index contributed by atoms with van der Waals surface area (Å²) in [5.74, 6) is 0.992. The zero-order chi connectivity index (χ0) is 20.8. The fraction of sp³-hybridized carbons (Fsp3) is 0.0741. The van der Waals surface area contributed by atoms with E-state index in [2.05, 4.69) is 94.4 Å². The zero-order valence-corrected chi connectivity index (χ0v) is 17.6. The molecule has 150 valence electrons. The highest BCUT2D eigenvalue weighted by molar-refractivity contribution is 6.30. The Kier molecular flexibility index (Phi) is 4.29. The number of benzene rings is 4. The van der Waals surface area contributed by atoms with E-state index in [4.69, 9.17) is 16.6 Å². The SMILES string of the molecule is Clc1cccc([C@@H]2N(Cc3ccccc3)c3ccccc3-c3nc4ccccc4n32)c1. The van der Waals surface area contributed by atoms with E-state index in [1.54, 1.807) is 0 Å². The minimum absolute atomic E-state index is 0.0591. The van der Waals surface area contributed by atoms with Crippen molar-refractivity contribution in [1.29, 1.82) is 0 Å². The summed E-state index contributed by atoms with van der Waals surface area (Å²) >= 11 is 6.45. The molecule has 0 saturated carbocycles. The van der Waals surface area contributed by atoms with Crippen molar-refractivity contribution in [2.24, 2.45) is 0 Å². The Hall–Kier alpha value is -3.56. The van der Waals surface area contributed by atoms with E-state index in [1.807, 2.05) is 18.2 Å². The van der Waals surface area contributed by atoms with Crippen LogP contribution in [0.5, 0.6) is 0 Å². The first-order chi connectivity index (χ1) is 15.3. The summed E-state index contributed by atoms with van der Waals surface area (Å²) in [5, 5.41) is 0.738. The monoisotopic (exact) mass is 421 g/mol. The van der Waals surface area contributed by atoms with Gasteiger partial charge < -0.3 is 4.90 Å². The highest BCUT2D eigenvalue weighted by Gasteiger charge is 2.34. The molecular formula is C27H20ClN3. The number of para-hydroxylation sites is 3. The van der Waals surface area contributed by atoms with Crippen LogP contribution in [0.3, 0.4) is 0 Å². The molecule has 3 nitrogen and oxygen atoms in total. The van der Waals surface area contributed by atoms with Crippen LogP contribution in [0.2, 0.25) is 5.02 Å². The van der Waals surface area contributed by atoms with Crippen molar-refractivity contribution in [2.75, 3.05) is 4.90 Å². The second-order valence-electron chi connectivity index (χ2n) is 7.85. The average molecular weight is 422 g/mol. The van der Waals surface area contributed by atoms with Crippen LogP contribution in [0.15, 0.2) is 103 Å². The first kappa shape index (κ1) is 18.2. The number of halogens is 1. The number of anilines is 1. The van der Waals surface area contributed by atoms with Crippen LogP contribution < -0.4 is 4.90 Å². The number of fused-ring (bicyclic) bond motifs is 5. The highest BCUT2D eigenvalue weighted by Crippen LogP contribution is 2.45. The number of aromatic nitrogens is 2. The van der Waals surface area contributed by atoms with Crippen LogP contribution in [0.1, 0.15) is 17.3 Å². The summed E-state index contributed by atoms with van der Waals surface area (Å²) in [5.41, 5.74) is 6.85. The lowest BCUT2D eigenvalue weighted by Gasteiger charge is -2.40. The predicted molar refractivity (Wildman–Crippen MR) is 127 cm³/mol. The third-order valence-corrected chi connectivity index (χ3v) is 6.17. The molecule has 0 radical (unpaired) electrons. The largest absolute Gasteiger partial charge is 0.342 e. The maximum absolute atomic E-state index is 6.45. The molecule has 0 N–H and O–H groups in total. The second kappa shape index (κ2) is 7.29. The normalized spacial score (nSPS) is 15.0. The molecule has 0 spiro atoms. The van der Waals surface area contributed by atoms with E-state index < -0.39 is 0 Å². The van der Waals surface area contributed by atoms with E-state index in [0.29, 0.717) is 0 Å². The van der Waals surface area contributed by atoms with Gasteiger partial charge in [0.05, 0.1) is 11.0 Å². The quantitative estimate of drug-likeness (QED) is 0.315. The Morgan fingerprint density at radius 2 is 1.55 bits per heavy atom. The fourth-order valence-corrected chi connectivity index (χ4v) is 4.81. The Morgan fingerprint density at radius 3 is 2.42 bits per heavy atom. The number of rotatable bonds is 3. The van der Waals surface area contributed by atoms with Crippen molar-refractivity contribution in [3.05, 3.63) is 119 Å². The molecule has 4 heteroatoms. The van der Waals surface area contributed by atoms with Crippen molar-refractivity contribution in [3.63, 3.8) is 0 Å². The van der Waals surface area contributed by atoms with Gasteiger partial charge >= 0.3 is 0 Å². The topological polar surface area (TPSA) is 21.1 Å². The number of imidazole rings is 1. The van der Waals surface area contributed by atoms with Crippen LogP contribution in [-0.4, -0.2) is 9.55 Å². The van der Waals surface area contributed by atoms with E-state index >= 15 is 0 Å². The predicted octanol–water partition coefficient (Wildman–Crippen LogP) is 6.92. The molecule has 0 bridgehead atoms. The van der Waals surface area contributed by atoms with Crippen molar-refractivity contribution in [3.8, 4) is 11.4 Å². The Labute approximate surface area is 186 Å². The molecule has 0 amide bonds. The smallest absolute Gasteiger partial charge is 0.145 e. The summed E-state index contributed by atoms with van der Waals surface area (Å²) in [6.45, 7) is 0.779. The van der Waals surface area contributed by atoms with Crippen LogP contribution in [0.4, 0.5) is 5.69 Å². The Balaban J connectivity index is 1.65. The third kappa shape index (κ3) is 3.01. The van der Waals surface area contributed by atoms with Crippen LogP contribution in [-0.2, 0) is 6.54 Å². The lowest BCUT2D eigenvalue weighted by molar-refractivity contribution is 0.543. The van der Waals surface area contributed by atoms with Gasteiger partial charge in [0.2, 0.25) is 0 Å². The maximum atomic E-state index is 6.45. The second-order valence-corrected chi connectivity index (χ2v) is 8.29. The van der Waals surface area contributed by atoms with E-state index in [-0.39, 0.29) is 6.17 Å². The summed E-state index contributed by atoms with van der Waals surface area (Å²) in [6, 6.07) is 35.7. The molecule has 1 aromatic heterocycles. The number of hydrogen-bond donors (Lipinski definition) is 0. The lowest BCUT2D eigenvalue weighted by Crippen LogP contribution is -2.36. The molecule has 0 saturated heterocycles. The highest BCUT2D eigenvalue weighted by atomic mass is 35.5. The van der Waals surface area contributed by atoms with Crippen molar-refractivity contribution >= 4 is 28.3 Å². The van der Waals surface area contributed by atoms with Gasteiger partial charge in [0.15, 0.2) is 0 Å². The molecule has 1 atom stereocenters. The molecule has 4 aromatic carbocycles. The molecule has 5 aromatic rings. The Bertz CT molecular complexity index is 1390. The molecule has 1 aliphatic heterocycles. The first-order valence-electron chi connectivity index (χ1n) is 10.4. The van der Waals surface area contributed by atoms with Crippen LogP contribution in [0.25, 0.3) is 22.4 Å². The fourth-order valence-electron chi connectivity index (χ4n) is 4.61. The maximum Gasteiger partial charge on any atom is 0.145 e. The molecule has 1 aliphatic rings. The van der Waals surface area contributed by atoms with Gasteiger partial charge in [-0.3, -0.25) is 4.57 Å². The van der Waals surface area contributed by atoms with Crippen LogP contribution in [0, 0.1) is 0 Å². The van der Waals surface area contributed by atoms with E-state index in [1.165, 1.54) is 11.3 Å². The summed E-state index contributed by atoms with van der Waals surface area (Å²) in [7, 11) is 0. The van der Waals surface area contributed by atoms with Crippen molar-refractivity contribution < 1.29 is 0 Å².